The second kappa shape index (κ2) is 6.36. The Morgan fingerprint density at radius 2 is 1.87 bits per heavy atom. The van der Waals surface area contributed by atoms with Crippen molar-refractivity contribution in [2.45, 2.75) is 6.04 Å². The summed E-state index contributed by atoms with van der Waals surface area (Å²) < 4.78 is 4.84. The third-order valence-corrected chi connectivity index (χ3v) is 3.68. The number of hydrogen-bond acceptors (Lipinski definition) is 3. The number of nitrogens with one attached hydrogen (secondary N) is 2. The van der Waals surface area contributed by atoms with Crippen molar-refractivity contribution < 1.29 is 14.3 Å². The fraction of sp³-hybridized carbons (Fsp3) is 0.111. The molecule has 0 saturated carbocycles. The minimum Gasteiger partial charge on any atom is -0.467 e. The van der Waals surface area contributed by atoms with Crippen LogP contribution in [0.15, 0.2) is 60.9 Å². The Morgan fingerprint density at radius 3 is 2.57 bits per heavy atom. The van der Waals surface area contributed by atoms with Gasteiger partial charge in [-0.25, -0.2) is 4.79 Å². The van der Waals surface area contributed by atoms with Crippen LogP contribution in [0.4, 0.5) is 0 Å². The molecule has 0 radical (unpaired) electrons. The number of rotatable bonds is 4. The van der Waals surface area contributed by atoms with E-state index >= 15 is 0 Å². The first kappa shape index (κ1) is 14.8. The lowest BCUT2D eigenvalue weighted by atomic mass is 10.0. The number of amides is 1. The minimum absolute atomic E-state index is 0.338. The molecule has 23 heavy (non-hydrogen) atoms. The van der Waals surface area contributed by atoms with E-state index in [2.05, 4.69) is 10.3 Å². The number of carbonyl (C=O) groups excluding carboxylic acids is 2. The molecule has 0 aliphatic heterocycles. The molecule has 3 rings (SSSR count). The monoisotopic (exact) mass is 308 g/mol. The number of aromatic nitrogens is 1. The Morgan fingerprint density at radius 1 is 1.09 bits per heavy atom. The third-order valence-electron chi connectivity index (χ3n) is 3.68. The lowest BCUT2D eigenvalue weighted by Crippen LogP contribution is -2.34. The Labute approximate surface area is 133 Å². The van der Waals surface area contributed by atoms with Crippen molar-refractivity contribution in [1.82, 2.24) is 10.3 Å². The summed E-state index contributed by atoms with van der Waals surface area (Å²) in [4.78, 5) is 27.2. The molecule has 1 atom stereocenters. The molecule has 5 nitrogen and oxygen atoms in total. The number of methoxy groups -OCH3 is 1. The van der Waals surface area contributed by atoms with Crippen molar-refractivity contribution in [3.8, 4) is 0 Å². The van der Waals surface area contributed by atoms with Gasteiger partial charge in [0, 0.05) is 12.4 Å². The standard InChI is InChI=1S/C18H16N2O3/c1-23-18(22)16(20-17(21)15-8-9-19-11-15)14-7-6-12-4-2-3-5-13(12)10-14/h2-11,16,19H,1H3,(H,20,21). The van der Waals surface area contributed by atoms with Crippen LogP contribution in [-0.4, -0.2) is 24.0 Å². The Kier molecular flexibility index (Phi) is 4.10. The van der Waals surface area contributed by atoms with Crippen molar-refractivity contribution in [3.05, 3.63) is 72.1 Å². The number of benzene rings is 2. The van der Waals surface area contributed by atoms with Crippen LogP contribution < -0.4 is 5.32 Å². The van der Waals surface area contributed by atoms with Gasteiger partial charge in [-0.15, -0.1) is 0 Å². The summed E-state index contributed by atoms with van der Waals surface area (Å²) in [6.45, 7) is 0. The summed E-state index contributed by atoms with van der Waals surface area (Å²) in [6, 6.07) is 14.2. The van der Waals surface area contributed by atoms with Gasteiger partial charge in [0.25, 0.3) is 5.91 Å². The number of H-pyrrole nitrogens is 1. The Hall–Kier alpha value is -3.08. The minimum atomic E-state index is -0.855. The van der Waals surface area contributed by atoms with Crippen molar-refractivity contribution in [2.24, 2.45) is 0 Å². The average molecular weight is 308 g/mol. The number of carbonyl (C=O) groups is 2. The molecule has 0 bridgehead atoms. The normalized spacial score (nSPS) is 11.9. The molecule has 1 heterocycles. The van der Waals surface area contributed by atoms with Gasteiger partial charge in [0.05, 0.1) is 12.7 Å². The number of aromatic amines is 1. The zero-order valence-corrected chi connectivity index (χ0v) is 12.6. The van der Waals surface area contributed by atoms with Gasteiger partial charge in [0.1, 0.15) is 0 Å². The average Bonchev–Trinajstić information content (AvgIpc) is 3.13. The smallest absolute Gasteiger partial charge is 0.333 e. The number of hydrogen-bond donors (Lipinski definition) is 2. The van der Waals surface area contributed by atoms with Crippen LogP contribution in [0.25, 0.3) is 10.8 Å². The van der Waals surface area contributed by atoms with Crippen LogP contribution in [0.1, 0.15) is 22.0 Å². The highest BCUT2D eigenvalue weighted by Gasteiger charge is 2.24. The summed E-state index contributed by atoms with van der Waals surface area (Å²) >= 11 is 0. The van der Waals surface area contributed by atoms with Gasteiger partial charge < -0.3 is 15.0 Å². The van der Waals surface area contributed by atoms with Crippen LogP contribution >= 0.6 is 0 Å². The summed E-state index contributed by atoms with van der Waals surface area (Å²) in [5.41, 5.74) is 1.14. The molecule has 2 N–H and O–H groups in total. The summed E-state index contributed by atoms with van der Waals surface area (Å²) in [7, 11) is 1.30. The first-order valence-corrected chi connectivity index (χ1v) is 7.19. The number of esters is 1. The van der Waals surface area contributed by atoms with Gasteiger partial charge in [0.2, 0.25) is 0 Å². The van der Waals surface area contributed by atoms with E-state index in [1.54, 1.807) is 18.5 Å². The van der Waals surface area contributed by atoms with Gasteiger partial charge in [0.15, 0.2) is 6.04 Å². The van der Waals surface area contributed by atoms with Gasteiger partial charge in [-0.1, -0.05) is 36.4 Å². The number of fused-ring (bicyclic) bond motifs is 1. The molecule has 0 fully saturated rings. The van der Waals surface area contributed by atoms with E-state index in [0.29, 0.717) is 11.1 Å². The third kappa shape index (κ3) is 3.08. The second-order valence-electron chi connectivity index (χ2n) is 5.14. The maximum Gasteiger partial charge on any atom is 0.333 e. The van der Waals surface area contributed by atoms with Gasteiger partial charge in [-0.3, -0.25) is 4.79 Å². The van der Waals surface area contributed by atoms with Gasteiger partial charge in [-0.05, 0) is 28.5 Å². The fourth-order valence-electron chi connectivity index (χ4n) is 2.46. The van der Waals surface area contributed by atoms with Crippen molar-refractivity contribution in [3.63, 3.8) is 0 Å². The topological polar surface area (TPSA) is 71.2 Å². The Bertz CT molecular complexity index is 840. The van der Waals surface area contributed by atoms with Crippen LogP contribution in [0.3, 0.4) is 0 Å². The lowest BCUT2D eigenvalue weighted by molar-refractivity contribution is -0.143. The molecule has 0 aliphatic carbocycles. The predicted octanol–water partition coefficient (Wildman–Crippen LogP) is 2.81. The zero-order valence-electron chi connectivity index (χ0n) is 12.6. The second-order valence-corrected chi connectivity index (χ2v) is 5.14. The Balaban J connectivity index is 1.94. The molecule has 1 unspecified atom stereocenters. The quantitative estimate of drug-likeness (QED) is 0.728. The fourth-order valence-corrected chi connectivity index (χ4v) is 2.46. The SMILES string of the molecule is COC(=O)C(NC(=O)c1cc[nH]c1)c1ccc2ccccc2c1. The van der Waals surface area contributed by atoms with Crippen LogP contribution in [0.2, 0.25) is 0 Å². The molecular weight excluding hydrogens is 292 g/mol. The van der Waals surface area contributed by atoms with Crippen LogP contribution in [0.5, 0.6) is 0 Å². The van der Waals surface area contributed by atoms with Crippen LogP contribution in [0, 0.1) is 0 Å². The first-order chi connectivity index (χ1) is 11.2. The molecule has 2 aromatic carbocycles. The molecule has 0 aliphatic rings. The summed E-state index contributed by atoms with van der Waals surface area (Å²) in [5, 5.41) is 4.78. The maximum atomic E-state index is 12.2. The molecular formula is C18H16N2O3. The molecule has 1 aromatic heterocycles. The van der Waals surface area contributed by atoms with E-state index in [1.807, 2.05) is 42.5 Å². The first-order valence-electron chi connectivity index (χ1n) is 7.19. The molecule has 1 amide bonds. The zero-order chi connectivity index (χ0) is 16.2. The molecule has 116 valence electrons. The highest BCUT2D eigenvalue weighted by atomic mass is 16.5. The van der Waals surface area contributed by atoms with Gasteiger partial charge >= 0.3 is 5.97 Å². The van der Waals surface area contributed by atoms with Crippen molar-refractivity contribution in [2.75, 3.05) is 7.11 Å². The highest BCUT2D eigenvalue weighted by Crippen LogP contribution is 2.22. The summed E-state index contributed by atoms with van der Waals surface area (Å²) in [6.07, 6.45) is 3.22. The van der Waals surface area contributed by atoms with Crippen molar-refractivity contribution in [1.29, 1.82) is 0 Å². The molecule has 3 aromatic rings. The van der Waals surface area contributed by atoms with E-state index in [9.17, 15) is 9.59 Å². The van der Waals surface area contributed by atoms with E-state index in [1.165, 1.54) is 7.11 Å². The number of ether oxygens (including phenoxy) is 1. The largest absolute Gasteiger partial charge is 0.467 e. The highest BCUT2D eigenvalue weighted by molar-refractivity contribution is 5.97. The molecule has 5 heteroatoms. The molecule has 0 spiro atoms. The predicted molar refractivity (Wildman–Crippen MR) is 87.0 cm³/mol. The lowest BCUT2D eigenvalue weighted by Gasteiger charge is -2.17. The maximum absolute atomic E-state index is 12.2. The van der Waals surface area contributed by atoms with E-state index in [4.69, 9.17) is 4.74 Å². The van der Waals surface area contributed by atoms with Crippen molar-refractivity contribution >= 4 is 22.6 Å². The van der Waals surface area contributed by atoms with E-state index in [0.717, 1.165) is 10.8 Å². The summed E-state index contributed by atoms with van der Waals surface area (Å²) in [5.74, 6) is -0.848. The molecule has 0 saturated heterocycles. The van der Waals surface area contributed by atoms with Gasteiger partial charge in [-0.2, -0.15) is 0 Å². The van der Waals surface area contributed by atoms with Crippen LogP contribution in [-0.2, 0) is 9.53 Å². The van der Waals surface area contributed by atoms with E-state index < -0.39 is 12.0 Å². The van der Waals surface area contributed by atoms with E-state index in [-0.39, 0.29) is 5.91 Å².